The number of Topliss-reactive ketones (excluding diaryl/α,β-unsaturated/α-hetero) is 1. The maximum absolute atomic E-state index is 13.9. The molecule has 0 bridgehead atoms. The molecule has 1 aliphatic rings. The smallest absolute Gasteiger partial charge is 0.295 e. The summed E-state index contributed by atoms with van der Waals surface area (Å²) < 4.78 is 19.5. The highest BCUT2D eigenvalue weighted by atomic mass is 79.9. The number of aliphatic hydroxyl groups is 1. The second-order valence-corrected chi connectivity index (χ2v) is 9.35. The molecular formula is C28H22BrFN2O4. The molecule has 0 spiro atoms. The van der Waals surface area contributed by atoms with E-state index in [0.717, 1.165) is 16.5 Å². The topological polar surface area (TPSA) is 82.6 Å². The number of benzene rings is 3. The minimum atomic E-state index is -0.896. The van der Waals surface area contributed by atoms with Gasteiger partial charge in [-0.2, -0.15) is 0 Å². The van der Waals surface area contributed by atoms with Gasteiger partial charge in [-0.3, -0.25) is 9.59 Å². The zero-order valence-corrected chi connectivity index (χ0v) is 20.9. The number of methoxy groups -OCH3 is 1. The highest BCUT2D eigenvalue weighted by molar-refractivity contribution is 9.10. The van der Waals surface area contributed by atoms with E-state index in [1.54, 1.807) is 24.3 Å². The van der Waals surface area contributed by atoms with Crippen LogP contribution in [0.1, 0.15) is 22.7 Å². The van der Waals surface area contributed by atoms with E-state index in [0.29, 0.717) is 27.8 Å². The molecule has 1 aliphatic heterocycles. The second-order valence-electron chi connectivity index (χ2n) is 8.50. The molecule has 0 saturated carbocycles. The van der Waals surface area contributed by atoms with Gasteiger partial charge in [0.1, 0.15) is 17.3 Å². The average Bonchev–Trinajstić information content (AvgIpc) is 3.41. The van der Waals surface area contributed by atoms with E-state index in [4.69, 9.17) is 4.74 Å². The number of amides is 1. The molecule has 1 amide bonds. The molecule has 5 rings (SSSR count). The van der Waals surface area contributed by atoms with E-state index in [1.807, 2.05) is 30.5 Å². The number of nitrogens with zero attached hydrogens (tertiary/aromatic N) is 1. The van der Waals surface area contributed by atoms with Gasteiger partial charge in [0.2, 0.25) is 0 Å². The van der Waals surface area contributed by atoms with Gasteiger partial charge in [0, 0.05) is 33.7 Å². The van der Waals surface area contributed by atoms with Crippen LogP contribution in [0.25, 0.3) is 16.7 Å². The second kappa shape index (κ2) is 9.62. The van der Waals surface area contributed by atoms with Crippen LogP contribution in [0.5, 0.6) is 5.75 Å². The molecule has 3 aromatic carbocycles. The number of para-hydroxylation sites is 1. The first-order chi connectivity index (χ1) is 17.4. The molecule has 4 aromatic rings. The summed E-state index contributed by atoms with van der Waals surface area (Å²) in [5, 5.41) is 12.2. The van der Waals surface area contributed by atoms with Gasteiger partial charge in [-0.1, -0.05) is 40.2 Å². The van der Waals surface area contributed by atoms with E-state index in [2.05, 4.69) is 20.9 Å². The Morgan fingerprint density at radius 3 is 2.58 bits per heavy atom. The normalized spacial score (nSPS) is 17.2. The van der Waals surface area contributed by atoms with Crippen LogP contribution >= 0.6 is 15.9 Å². The molecule has 1 saturated heterocycles. The standard InChI is InChI=1S/C28H22BrFN2O4/c1-36-19-9-6-16(7-10-19)26(33)24-25(21-11-8-18(30)14-22(21)29)32(28(35)27(24)34)13-12-17-15-31-23-5-3-2-4-20(17)23/h2-11,14-15,25,31,33H,12-13H2,1H3/b26-24+. The first kappa shape index (κ1) is 23.8. The molecule has 8 heteroatoms. The number of hydrogen-bond donors (Lipinski definition) is 2. The Kier molecular flexibility index (Phi) is 6.36. The fourth-order valence-corrected chi connectivity index (χ4v) is 5.21. The molecule has 2 heterocycles. The van der Waals surface area contributed by atoms with Crippen LogP contribution in [0.15, 0.2) is 83.0 Å². The van der Waals surface area contributed by atoms with Crippen molar-refractivity contribution in [3.05, 3.63) is 105 Å². The molecule has 1 fully saturated rings. The van der Waals surface area contributed by atoms with Crippen molar-refractivity contribution in [1.82, 2.24) is 9.88 Å². The van der Waals surface area contributed by atoms with Crippen LogP contribution < -0.4 is 4.74 Å². The van der Waals surface area contributed by atoms with Crippen LogP contribution in [-0.2, 0) is 16.0 Å². The lowest BCUT2D eigenvalue weighted by Crippen LogP contribution is -2.31. The van der Waals surface area contributed by atoms with Crippen LogP contribution in [0.3, 0.4) is 0 Å². The van der Waals surface area contributed by atoms with Gasteiger partial charge in [0.15, 0.2) is 0 Å². The number of aromatic amines is 1. The third-order valence-corrected chi connectivity index (χ3v) is 7.14. The Balaban J connectivity index is 1.58. The van der Waals surface area contributed by atoms with Crippen molar-refractivity contribution in [3.63, 3.8) is 0 Å². The van der Waals surface area contributed by atoms with Gasteiger partial charge in [0.05, 0.1) is 18.7 Å². The summed E-state index contributed by atoms with van der Waals surface area (Å²) >= 11 is 3.38. The number of likely N-dealkylation sites (tertiary alicyclic amines) is 1. The zero-order valence-electron chi connectivity index (χ0n) is 19.3. The third-order valence-electron chi connectivity index (χ3n) is 6.46. The van der Waals surface area contributed by atoms with Gasteiger partial charge < -0.3 is 19.7 Å². The molecule has 182 valence electrons. The van der Waals surface area contributed by atoms with Crippen molar-refractivity contribution >= 4 is 44.3 Å². The average molecular weight is 549 g/mol. The Bertz CT molecular complexity index is 1510. The predicted octanol–water partition coefficient (Wildman–Crippen LogP) is 5.74. The number of fused-ring (bicyclic) bond motifs is 1. The van der Waals surface area contributed by atoms with Crippen LogP contribution in [0, 0.1) is 5.82 Å². The van der Waals surface area contributed by atoms with E-state index in [9.17, 15) is 19.1 Å². The summed E-state index contributed by atoms with van der Waals surface area (Å²) in [5.41, 5.74) is 2.81. The van der Waals surface area contributed by atoms with Gasteiger partial charge >= 0.3 is 0 Å². The molecule has 0 radical (unpaired) electrons. The number of carbonyl (C=O) groups is 2. The maximum Gasteiger partial charge on any atom is 0.295 e. The van der Waals surface area contributed by atoms with Gasteiger partial charge in [0.25, 0.3) is 11.7 Å². The fourth-order valence-electron chi connectivity index (χ4n) is 4.64. The minimum absolute atomic E-state index is 0.0450. The third kappa shape index (κ3) is 4.18. The lowest BCUT2D eigenvalue weighted by Gasteiger charge is -2.26. The van der Waals surface area contributed by atoms with E-state index in [1.165, 1.54) is 30.2 Å². The predicted molar refractivity (Wildman–Crippen MR) is 138 cm³/mol. The van der Waals surface area contributed by atoms with Gasteiger partial charge in [-0.05, 0) is 60.0 Å². The summed E-state index contributed by atoms with van der Waals surface area (Å²) in [6, 6.07) is 17.6. The van der Waals surface area contributed by atoms with Crippen LogP contribution in [-0.4, -0.2) is 40.3 Å². The van der Waals surface area contributed by atoms with E-state index in [-0.39, 0.29) is 17.9 Å². The number of aliphatic hydroxyl groups excluding tert-OH is 1. The Hall–Kier alpha value is -3.91. The molecule has 1 aromatic heterocycles. The minimum Gasteiger partial charge on any atom is -0.507 e. The Morgan fingerprint density at radius 2 is 1.86 bits per heavy atom. The molecule has 1 atom stereocenters. The van der Waals surface area contributed by atoms with E-state index >= 15 is 0 Å². The lowest BCUT2D eigenvalue weighted by atomic mass is 9.95. The first-order valence-electron chi connectivity index (χ1n) is 11.3. The number of ether oxygens (including phenoxy) is 1. The number of H-pyrrole nitrogens is 1. The Morgan fingerprint density at radius 1 is 1.11 bits per heavy atom. The monoisotopic (exact) mass is 548 g/mol. The van der Waals surface area contributed by atoms with Crippen molar-refractivity contribution in [2.45, 2.75) is 12.5 Å². The fraction of sp³-hybridized carbons (Fsp3) is 0.143. The molecule has 2 N–H and O–H groups in total. The number of rotatable bonds is 6. The zero-order chi connectivity index (χ0) is 25.4. The Labute approximate surface area is 215 Å². The van der Waals surface area contributed by atoms with Crippen molar-refractivity contribution in [3.8, 4) is 5.75 Å². The summed E-state index contributed by atoms with van der Waals surface area (Å²) in [6.07, 6.45) is 2.37. The van der Waals surface area contributed by atoms with Crippen LogP contribution in [0.2, 0.25) is 0 Å². The van der Waals surface area contributed by atoms with Crippen molar-refractivity contribution in [2.75, 3.05) is 13.7 Å². The van der Waals surface area contributed by atoms with E-state index < -0.39 is 23.5 Å². The summed E-state index contributed by atoms with van der Waals surface area (Å²) in [5.74, 6) is -1.68. The number of aromatic nitrogens is 1. The number of nitrogens with one attached hydrogen (secondary N) is 1. The quantitative estimate of drug-likeness (QED) is 0.183. The number of ketones is 1. The van der Waals surface area contributed by atoms with Crippen molar-refractivity contribution in [2.24, 2.45) is 0 Å². The maximum atomic E-state index is 13.9. The number of hydrogen-bond acceptors (Lipinski definition) is 4. The highest BCUT2D eigenvalue weighted by Crippen LogP contribution is 2.42. The summed E-state index contributed by atoms with van der Waals surface area (Å²) in [7, 11) is 1.53. The summed E-state index contributed by atoms with van der Waals surface area (Å²) in [6.45, 7) is 0.223. The molecule has 36 heavy (non-hydrogen) atoms. The van der Waals surface area contributed by atoms with Crippen LogP contribution in [0.4, 0.5) is 4.39 Å². The first-order valence-corrected chi connectivity index (χ1v) is 12.1. The SMILES string of the molecule is COc1ccc(/C(O)=C2\C(=O)C(=O)N(CCc3c[nH]c4ccccc34)C2c2ccc(F)cc2Br)cc1. The number of halogens is 2. The molecular weight excluding hydrogens is 527 g/mol. The van der Waals surface area contributed by atoms with Crippen molar-refractivity contribution < 1.29 is 23.8 Å². The molecule has 6 nitrogen and oxygen atoms in total. The number of carbonyl (C=O) groups excluding carboxylic acids is 2. The van der Waals surface area contributed by atoms with Gasteiger partial charge in [-0.15, -0.1) is 0 Å². The molecule has 0 aliphatic carbocycles. The highest BCUT2D eigenvalue weighted by Gasteiger charge is 2.46. The summed E-state index contributed by atoms with van der Waals surface area (Å²) in [4.78, 5) is 31.2. The largest absolute Gasteiger partial charge is 0.507 e. The van der Waals surface area contributed by atoms with Gasteiger partial charge in [-0.25, -0.2) is 4.39 Å². The van der Waals surface area contributed by atoms with Crippen molar-refractivity contribution in [1.29, 1.82) is 0 Å². The molecule has 1 unspecified atom stereocenters. The lowest BCUT2D eigenvalue weighted by molar-refractivity contribution is -0.139.